The minimum Gasteiger partial charge on any atom is -0.490 e. The van der Waals surface area contributed by atoms with Crippen LogP contribution in [0.25, 0.3) is 21.6 Å². The molecule has 0 aliphatic carbocycles. The summed E-state index contributed by atoms with van der Waals surface area (Å²) in [5.74, 6) is -0.927. The molecule has 43 heavy (non-hydrogen) atoms. The number of pyridine rings is 1. The van der Waals surface area contributed by atoms with Crippen LogP contribution >= 0.6 is 11.3 Å². The van der Waals surface area contributed by atoms with E-state index < -0.39 is 11.9 Å². The van der Waals surface area contributed by atoms with Crippen LogP contribution in [0, 0.1) is 6.92 Å². The number of ether oxygens (including phenoxy) is 2. The van der Waals surface area contributed by atoms with Crippen LogP contribution in [-0.4, -0.2) is 42.5 Å². The molecule has 4 N–H and O–H groups in total. The summed E-state index contributed by atoms with van der Waals surface area (Å²) in [6.07, 6.45) is 1.35. The Morgan fingerprint density at radius 2 is 1.88 bits per heavy atom. The molecule has 0 saturated heterocycles. The number of nitrogens with two attached hydrogens (primary N) is 1. The Labute approximate surface area is 254 Å². The Kier molecular flexibility index (Phi) is 8.89. The Bertz CT molecular complexity index is 1710. The largest absolute Gasteiger partial charge is 0.490 e. The van der Waals surface area contributed by atoms with Crippen molar-refractivity contribution in [2.24, 2.45) is 5.73 Å². The van der Waals surface area contributed by atoms with Crippen LogP contribution in [0.5, 0.6) is 5.75 Å². The first-order chi connectivity index (χ1) is 20.7. The zero-order chi connectivity index (χ0) is 30.7. The third kappa shape index (κ3) is 6.16. The number of benzene rings is 2. The van der Waals surface area contributed by atoms with Crippen LogP contribution in [0.1, 0.15) is 68.3 Å². The lowest BCUT2D eigenvalue weighted by atomic mass is 9.93. The molecule has 2 aromatic carbocycles. The van der Waals surface area contributed by atoms with Crippen molar-refractivity contribution < 1.29 is 23.9 Å². The fourth-order valence-corrected chi connectivity index (χ4v) is 6.09. The highest BCUT2D eigenvalue weighted by Gasteiger charge is 2.28. The molecule has 222 valence electrons. The van der Waals surface area contributed by atoms with E-state index in [4.69, 9.17) is 15.2 Å². The summed E-state index contributed by atoms with van der Waals surface area (Å²) in [5, 5.41) is 7.84. The molecule has 0 radical (unpaired) electrons. The van der Waals surface area contributed by atoms with E-state index in [2.05, 4.69) is 21.7 Å². The van der Waals surface area contributed by atoms with Gasteiger partial charge in [0.2, 0.25) is 0 Å². The number of hydrogen-bond donors (Lipinski definition) is 3. The number of rotatable bonds is 8. The van der Waals surface area contributed by atoms with E-state index in [1.54, 1.807) is 29.5 Å². The number of methoxy groups -OCH3 is 1. The van der Waals surface area contributed by atoms with Crippen LogP contribution in [0.15, 0.2) is 53.9 Å². The van der Waals surface area contributed by atoms with Gasteiger partial charge in [-0.1, -0.05) is 19.1 Å². The van der Waals surface area contributed by atoms with E-state index in [1.165, 1.54) is 13.2 Å². The zero-order valence-corrected chi connectivity index (χ0v) is 25.4. The molecule has 1 unspecified atom stereocenters. The van der Waals surface area contributed by atoms with Crippen LogP contribution in [0.3, 0.4) is 0 Å². The third-order valence-electron chi connectivity index (χ3n) is 7.30. The summed E-state index contributed by atoms with van der Waals surface area (Å²) >= 11 is 1.58. The molecule has 0 fully saturated rings. The number of thiophene rings is 1. The van der Waals surface area contributed by atoms with Gasteiger partial charge >= 0.3 is 5.97 Å². The summed E-state index contributed by atoms with van der Waals surface area (Å²) in [7, 11) is 1.25. The topological polar surface area (TPSA) is 133 Å². The van der Waals surface area contributed by atoms with Crippen molar-refractivity contribution >= 4 is 34.8 Å². The molecule has 1 aliphatic heterocycles. The Morgan fingerprint density at radius 1 is 1.07 bits per heavy atom. The average Bonchev–Trinajstić information content (AvgIpc) is 3.42. The quantitative estimate of drug-likeness (QED) is 0.220. The number of amides is 2. The monoisotopic (exact) mass is 598 g/mol. The summed E-state index contributed by atoms with van der Waals surface area (Å²) in [5.41, 5.74) is 11.3. The first kappa shape index (κ1) is 29.9. The van der Waals surface area contributed by atoms with Gasteiger partial charge in [0.1, 0.15) is 17.5 Å². The number of carbonyl (C=O) groups is 3. The van der Waals surface area contributed by atoms with E-state index in [0.29, 0.717) is 47.6 Å². The van der Waals surface area contributed by atoms with E-state index in [0.717, 1.165) is 33.6 Å². The van der Waals surface area contributed by atoms with Gasteiger partial charge in [0.05, 0.1) is 7.11 Å². The Hall–Kier alpha value is -4.54. The lowest BCUT2D eigenvalue weighted by Crippen LogP contribution is -2.26. The van der Waals surface area contributed by atoms with Crippen molar-refractivity contribution in [1.29, 1.82) is 0 Å². The van der Waals surface area contributed by atoms with E-state index in [-0.39, 0.29) is 23.4 Å². The zero-order valence-electron chi connectivity index (χ0n) is 24.6. The number of nitrogens with one attached hydrogen (secondary N) is 2. The number of aryl methyl sites for hydroxylation is 1. The van der Waals surface area contributed by atoms with Crippen molar-refractivity contribution in [1.82, 2.24) is 10.3 Å². The lowest BCUT2D eigenvalue weighted by Gasteiger charge is -2.19. The summed E-state index contributed by atoms with van der Waals surface area (Å²) in [6.45, 7) is 6.70. The second kappa shape index (κ2) is 12.8. The second-order valence-electron chi connectivity index (χ2n) is 10.4. The van der Waals surface area contributed by atoms with Gasteiger partial charge in [-0.05, 0) is 78.7 Å². The molecule has 0 spiro atoms. The highest BCUT2D eigenvalue weighted by atomic mass is 32.1. The van der Waals surface area contributed by atoms with Crippen molar-refractivity contribution in [2.75, 3.05) is 19.0 Å². The third-order valence-corrected chi connectivity index (χ3v) is 8.29. The van der Waals surface area contributed by atoms with Gasteiger partial charge in [-0.2, -0.15) is 0 Å². The van der Waals surface area contributed by atoms with Crippen molar-refractivity contribution in [3.05, 3.63) is 87.6 Å². The van der Waals surface area contributed by atoms with Gasteiger partial charge in [-0.15, -0.1) is 11.3 Å². The molecule has 1 aliphatic rings. The number of carbonyl (C=O) groups excluding carboxylic acids is 3. The number of anilines is 1. The van der Waals surface area contributed by atoms with Crippen LogP contribution in [0.4, 0.5) is 5.69 Å². The first-order valence-corrected chi connectivity index (χ1v) is 15.0. The van der Waals surface area contributed by atoms with Crippen molar-refractivity contribution in [3.8, 4) is 27.3 Å². The first-order valence-electron chi connectivity index (χ1n) is 14.1. The number of esters is 1. The minimum absolute atomic E-state index is 0.0714. The maximum absolute atomic E-state index is 14.1. The van der Waals surface area contributed by atoms with Gasteiger partial charge in [-0.3, -0.25) is 9.59 Å². The molecule has 2 aromatic heterocycles. The number of nitrogens with zero attached hydrogens (tertiary/aromatic N) is 1. The summed E-state index contributed by atoms with van der Waals surface area (Å²) in [4.78, 5) is 45.2. The Morgan fingerprint density at radius 3 is 2.60 bits per heavy atom. The normalized spacial score (nSPS) is 13.7. The number of fused-ring (bicyclic) bond motifs is 3. The smallest absolute Gasteiger partial charge is 0.357 e. The van der Waals surface area contributed by atoms with Crippen LogP contribution in [0.2, 0.25) is 0 Å². The summed E-state index contributed by atoms with van der Waals surface area (Å²) in [6, 6.07) is 14.4. The van der Waals surface area contributed by atoms with Gasteiger partial charge in [-0.25, -0.2) is 9.78 Å². The van der Waals surface area contributed by atoms with Crippen LogP contribution in [-0.2, 0) is 17.7 Å². The molecular formula is C33H34N4O5S. The lowest BCUT2D eigenvalue weighted by molar-refractivity contribution is 0.0594. The molecule has 0 saturated carbocycles. The Balaban J connectivity index is 1.70. The summed E-state index contributed by atoms with van der Waals surface area (Å²) < 4.78 is 11.4. The van der Waals surface area contributed by atoms with Gasteiger partial charge in [0.15, 0.2) is 5.69 Å². The fraction of sp³-hybridized carbons (Fsp3) is 0.273. The van der Waals surface area contributed by atoms with Crippen molar-refractivity contribution in [2.45, 2.75) is 46.3 Å². The van der Waals surface area contributed by atoms with Gasteiger partial charge < -0.3 is 25.8 Å². The van der Waals surface area contributed by atoms with Crippen LogP contribution < -0.4 is 21.1 Å². The molecule has 9 nitrogen and oxygen atoms in total. The molecule has 0 bridgehead atoms. The number of aromatic nitrogens is 1. The second-order valence-corrected chi connectivity index (χ2v) is 11.4. The van der Waals surface area contributed by atoms with E-state index in [9.17, 15) is 14.4 Å². The average molecular weight is 599 g/mol. The van der Waals surface area contributed by atoms with E-state index >= 15 is 0 Å². The molecule has 3 heterocycles. The predicted molar refractivity (Wildman–Crippen MR) is 168 cm³/mol. The molecule has 5 rings (SSSR count). The molecular weight excluding hydrogens is 564 g/mol. The molecule has 1 atom stereocenters. The maximum atomic E-state index is 14.1. The molecule has 4 aromatic rings. The minimum atomic E-state index is -0.732. The fourth-order valence-electron chi connectivity index (χ4n) is 5.13. The van der Waals surface area contributed by atoms with Gasteiger partial charge in [0, 0.05) is 52.3 Å². The highest BCUT2D eigenvalue weighted by molar-refractivity contribution is 7.13. The number of hydrogen-bond acceptors (Lipinski definition) is 8. The molecule has 10 heteroatoms. The van der Waals surface area contributed by atoms with Gasteiger partial charge in [0.25, 0.3) is 11.8 Å². The van der Waals surface area contributed by atoms with E-state index in [1.807, 2.05) is 44.4 Å². The maximum Gasteiger partial charge on any atom is 0.357 e. The highest BCUT2D eigenvalue weighted by Crippen LogP contribution is 2.44. The standard InChI is InChI=1S/C33H34N4O5S/c1-5-11-35-32(39)27-9-7-22(29(36-27)33(40)41-4)23-16-28-25(30-21(10-12-43-30)14-19(3)42-28)15-24(23)31(38)37-26-8-6-20(17-34)13-18(26)2/h6-10,12-13,15-16,19H,5,11,14,17,34H2,1-4H3,(H,35,39)(H,37,38). The van der Waals surface area contributed by atoms with Crippen molar-refractivity contribution in [3.63, 3.8) is 0 Å². The predicted octanol–water partition coefficient (Wildman–Crippen LogP) is 5.75. The molecule has 2 amide bonds. The SMILES string of the molecule is CCCNC(=O)c1ccc(-c2cc3c(cc2C(=O)Nc2ccc(CN)cc2C)-c2sccc2CC(C)O3)c(C(=O)OC)n1.